The minimum atomic E-state index is 0.595. The van der Waals surface area contributed by atoms with Crippen LogP contribution in [-0.2, 0) is 0 Å². The third kappa shape index (κ3) is 1.89. The molecule has 76 valence electrons. The Labute approximate surface area is 81.7 Å². The van der Waals surface area contributed by atoms with Crippen LogP contribution < -0.4 is 5.32 Å². The van der Waals surface area contributed by atoms with Crippen LogP contribution in [0.15, 0.2) is 0 Å². The largest absolute Gasteiger partial charge is 0.317 e. The molecule has 1 aliphatic carbocycles. The van der Waals surface area contributed by atoms with E-state index in [2.05, 4.69) is 31.1 Å². The van der Waals surface area contributed by atoms with Crippen molar-refractivity contribution in [3.05, 3.63) is 0 Å². The van der Waals surface area contributed by atoms with Crippen LogP contribution >= 0.6 is 0 Å². The van der Waals surface area contributed by atoms with E-state index in [-0.39, 0.29) is 0 Å². The summed E-state index contributed by atoms with van der Waals surface area (Å²) >= 11 is 0. The quantitative estimate of drug-likeness (QED) is 0.695. The summed E-state index contributed by atoms with van der Waals surface area (Å²) < 4.78 is 0. The summed E-state index contributed by atoms with van der Waals surface area (Å²) in [4.78, 5) is 2.66. The van der Waals surface area contributed by atoms with Crippen LogP contribution in [0.2, 0.25) is 0 Å². The summed E-state index contributed by atoms with van der Waals surface area (Å²) in [5.41, 5.74) is 0.595. The second kappa shape index (κ2) is 3.25. The Kier molecular flexibility index (Phi) is 2.37. The molecule has 1 N–H and O–H groups in total. The van der Waals surface area contributed by atoms with Gasteiger partial charge in [0.2, 0.25) is 0 Å². The first kappa shape index (κ1) is 9.47. The van der Waals surface area contributed by atoms with Crippen molar-refractivity contribution in [1.82, 2.24) is 10.2 Å². The van der Waals surface area contributed by atoms with Crippen LogP contribution in [-0.4, -0.2) is 37.1 Å². The molecule has 0 aromatic heterocycles. The summed E-state index contributed by atoms with van der Waals surface area (Å²) in [6, 6.07) is 1.67. The van der Waals surface area contributed by atoms with Crippen LogP contribution in [0.4, 0.5) is 0 Å². The van der Waals surface area contributed by atoms with Gasteiger partial charge < -0.3 is 5.32 Å². The van der Waals surface area contributed by atoms with Crippen molar-refractivity contribution >= 4 is 0 Å². The molecule has 2 atom stereocenters. The summed E-state index contributed by atoms with van der Waals surface area (Å²) in [5.74, 6) is 0. The Morgan fingerprint density at radius 3 is 2.38 bits per heavy atom. The van der Waals surface area contributed by atoms with Crippen LogP contribution in [0.25, 0.3) is 0 Å². The molecule has 1 aliphatic heterocycles. The number of hydrogen-bond donors (Lipinski definition) is 1. The van der Waals surface area contributed by atoms with Gasteiger partial charge in [0.05, 0.1) is 0 Å². The van der Waals surface area contributed by atoms with Crippen LogP contribution in [0.3, 0.4) is 0 Å². The predicted octanol–water partition coefficient (Wildman–Crippen LogP) is 1.47. The van der Waals surface area contributed by atoms with Crippen LogP contribution in [0, 0.1) is 5.41 Å². The van der Waals surface area contributed by atoms with Gasteiger partial charge in [0.15, 0.2) is 0 Å². The Balaban J connectivity index is 1.79. The van der Waals surface area contributed by atoms with Gasteiger partial charge in [-0.25, -0.2) is 0 Å². The van der Waals surface area contributed by atoms with Gasteiger partial charge in [-0.1, -0.05) is 13.8 Å². The first-order valence-corrected chi connectivity index (χ1v) is 5.52. The number of likely N-dealkylation sites (tertiary alicyclic amines) is 1. The van der Waals surface area contributed by atoms with E-state index in [1.807, 2.05) is 0 Å². The molecule has 0 bridgehead atoms. The van der Waals surface area contributed by atoms with Crippen molar-refractivity contribution in [2.45, 2.75) is 45.2 Å². The molecular weight excluding hydrogens is 160 g/mol. The Hall–Kier alpha value is -0.0800. The molecule has 0 aromatic carbocycles. The Bertz CT molecular complexity index is 181. The smallest absolute Gasteiger partial charge is 0.0111 e. The predicted molar refractivity (Wildman–Crippen MR) is 55.8 cm³/mol. The number of nitrogens with one attached hydrogen (secondary N) is 1. The zero-order chi connectivity index (χ0) is 9.47. The van der Waals surface area contributed by atoms with E-state index in [0.29, 0.717) is 5.41 Å². The number of hydrogen-bond acceptors (Lipinski definition) is 2. The molecule has 0 aromatic rings. The van der Waals surface area contributed by atoms with E-state index in [9.17, 15) is 0 Å². The number of rotatable bonds is 2. The molecule has 2 aliphatic rings. The van der Waals surface area contributed by atoms with E-state index in [0.717, 1.165) is 12.1 Å². The monoisotopic (exact) mass is 182 g/mol. The normalized spacial score (nSPS) is 39.0. The molecule has 2 rings (SSSR count). The molecule has 0 spiro atoms. The molecule has 2 fully saturated rings. The van der Waals surface area contributed by atoms with Crippen molar-refractivity contribution in [2.24, 2.45) is 5.41 Å². The first-order chi connectivity index (χ1) is 6.11. The molecule has 1 saturated carbocycles. The van der Waals surface area contributed by atoms with Crippen LogP contribution in [0.1, 0.15) is 33.1 Å². The third-order valence-electron chi connectivity index (χ3n) is 3.59. The molecule has 2 nitrogen and oxygen atoms in total. The minimum absolute atomic E-state index is 0.595. The van der Waals surface area contributed by atoms with E-state index >= 15 is 0 Å². The average Bonchev–Trinajstić information content (AvgIpc) is 2.47. The molecular formula is C11H22N2. The van der Waals surface area contributed by atoms with Crippen molar-refractivity contribution in [3.63, 3.8) is 0 Å². The maximum Gasteiger partial charge on any atom is 0.0111 e. The van der Waals surface area contributed by atoms with Crippen molar-refractivity contribution in [3.8, 4) is 0 Å². The first-order valence-electron chi connectivity index (χ1n) is 5.52. The summed E-state index contributed by atoms with van der Waals surface area (Å²) in [5, 5.41) is 3.39. The molecule has 2 unspecified atom stereocenters. The Morgan fingerprint density at radius 1 is 1.23 bits per heavy atom. The molecule has 0 amide bonds. The van der Waals surface area contributed by atoms with Crippen LogP contribution in [0.5, 0.6) is 0 Å². The third-order valence-corrected chi connectivity index (χ3v) is 3.59. The van der Waals surface area contributed by atoms with E-state index in [4.69, 9.17) is 0 Å². The van der Waals surface area contributed by atoms with Gasteiger partial charge in [-0.15, -0.1) is 0 Å². The SMILES string of the molecule is CNC1CCC(N2CC(C)(C)C2)C1. The lowest BCUT2D eigenvalue weighted by Gasteiger charge is -2.49. The standard InChI is InChI=1S/C11H22N2/c1-11(2)7-13(8-11)10-5-4-9(6-10)12-3/h9-10,12H,4-8H2,1-3H3. The molecule has 2 heteroatoms. The molecule has 1 saturated heterocycles. The summed E-state index contributed by atoms with van der Waals surface area (Å²) in [7, 11) is 2.09. The zero-order valence-corrected chi connectivity index (χ0v) is 9.14. The van der Waals surface area contributed by atoms with Gasteiger partial charge in [-0.2, -0.15) is 0 Å². The van der Waals surface area contributed by atoms with Crippen molar-refractivity contribution in [1.29, 1.82) is 0 Å². The highest BCUT2D eigenvalue weighted by Gasteiger charge is 2.40. The van der Waals surface area contributed by atoms with Gasteiger partial charge in [-0.3, -0.25) is 4.90 Å². The highest BCUT2D eigenvalue weighted by atomic mass is 15.2. The van der Waals surface area contributed by atoms with E-state index in [1.54, 1.807) is 0 Å². The fraction of sp³-hybridized carbons (Fsp3) is 1.00. The van der Waals surface area contributed by atoms with Crippen molar-refractivity contribution < 1.29 is 0 Å². The fourth-order valence-electron chi connectivity index (χ4n) is 2.86. The Morgan fingerprint density at radius 2 is 1.92 bits per heavy atom. The van der Waals surface area contributed by atoms with E-state index in [1.165, 1.54) is 32.4 Å². The van der Waals surface area contributed by atoms with Gasteiger partial charge in [0, 0.05) is 25.2 Å². The average molecular weight is 182 g/mol. The lowest BCUT2D eigenvalue weighted by atomic mass is 9.83. The highest BCUT2D eigenvalue weighted by Crippen LogP contribution is 2.35. The maximum absolute atomic E-state index is 3.39. The minimum Gasteiger partial charge on any atom is -0.317 e. The topological polar surface area (TPSA) is 15.3 Å². The number of nitrogens with zero attached hydrogens (tertiary/aromatic N) is 1. The second-order valence-corrected chi connectivity index (χ2v) is 5.52. The van der Waals surface area contributed by atoms with E-state index < -0.39 is 0 Å². The molecule has 1 heterocycles. The van der Waals surface area contributed by atoms with Gasteiger partial charge in [0.1, 0.15) is 0 Å². The summed E-state index contributed by atoms with van der Waals surface area (Å²) in [6.07, 6.45) is 4.15. The summed E-state index contributed by atoms with van der Waals surface area (Å²) in [6.45, 7) is 7.37. The lowest BCUT2D eigenvalue weighted by Crippen LogP contribution is -2.56. The van der Waals surface area contributed by atoms with Gasteiger partial charge in [0.25, 0.3) is 0 Å². The van der Waals surface area contributed by atoms with Crippen molar-refractivity contribution in [2.75, 3.05) is 20.1 Å². The maximum atomic E-state index is 3.39. The fourth-order valence-corrected chi connectivity index (χ4v) is 2.86. The van der Waals surface area contributed by atoms with Gasteiger partial charge in [-0.05, 0) is 31.7 Å². The molecule has 13 heavy (non-hydrogen) atoms. The zero-order valence-electron chi connectivity index (χ0n) is 9.14. The second-order valence-electron chi connectivity index (χ2n) is 5.52. The lowest BCUT2D eigenvalue weighted by molar-refractivity contribution is -0.00430. The highest BCUT2D eigenvalue weighted by molar-refractivity contribution is 4.95. The molecule has 0 radical (unpaired) electrons. The van der Waals surface area contributed by atoms with Gasteiger partial charge >= 0.3 is 0 Å².